The first-order valence-corrected chi connectivity index (χ1v) is 4.71. The number of rotatable bonds is 3. The van der Waals surface area contributed by atoms with Crippen LogP contribution in [0.4, 0.5) is 0 Å². The maximum Gasteiger partial charge on any atom is 0.327 e. The van der Waals surface area contributed by atoms with Crippen molar-refractivity contribution in [3.63, 3.8) is 0 Å². The van der Waals surface area contributed by atoms with Crippen LogP contribution >= 0.6 is 11.6 Å². The molecule has 0 saturated carbocycles. The van der Waals surface area contributed by atoms with Crippen molar-refractivity contribution in [1.82, 2.24) is 0 Å². The van der Waals surface area contributed by atoms with E-state index in [-0.39, 0.29) is 0 Å². The van der Waals surface area contributed by atoms with Crippen LogP contribution < -0.4 is 5.73 Å². The normalized spacial score (nSPS) is 12.2. The van der Waals surface area contributed by atoms with Crippen LogP contribution in [0, 0.1) is 0 Å². The van der Waals surface area contributed by atoms with Crippen molar-refractivity contribution in [2.75, 3.05) is 6.61 Å². The number of halogens is 1. The van der Waals surface area contributed by atoms with Gasteiger partial charge in [-0.3, -0.25) is 0 Å². The molecular formula is C10H12ClNO2. The lowest BCUT2D eigenvalue weighted by Crippen LogP contribution is -2.23. The minimum absolute atomic E-state index is 0.316. The molecule has 1 unspecified atom stereocenters. The Balaban J connectivity index is 2.84. The number of carbonyl (C=O) groups excluding carboxylic acids is 1. The Morgan fingerprint density at radius 3 is 2.79 bits per heavy atom. The molecule has 1 atom stereocenters. The van der Waals surface area contributed by atoms with Crippen LogP contribution in [0.15, 0.2) is 24.3 Å². The Morgan fingerprint density at radius 2 is 2.21 bits per heavy atom. The van der Waals surface area contributed by atoms with Crippen molar-refractivity contribution in [2.24, 2.45) is 5.73 Å². The van der Waals surface area contributed by atoms with E-state index in [1.165, 1.54) is 0 Å². The van der Waals surface area contributed by atoms with E-state index >= 15 is 0 Å². The van der Waals surface area contributed by atoms with E-state index in [9.17, 15) is 4.79 Å². The van der Waals surface area contributed by atoms with Crippen LogP contribution in [0.25, 0.3) is 0 Å². The van der Waals surface area contributed by atoms with Crippen LogP contribution in [0.5, 0.6) is 0 Å². The van der Waals surface area contributed by atoms with Crippen LogP contribution in [0.1, 0.15) is 18.5 Å². The monoisotopic (exact) mass is 213 g/mol. The average molecular weight is 214 g/mol. The molecular weight excluding hydrogens is 202 g/mol. The van der Waals surface area contributed by atoms with Gasteiger partial charge in [-0.25, -0.2) is 4.79 Å². The quantitative estimate of drug-likeness (QED) is 0.781. The maximum atomic E-state index is 11.3. The van der Waals surface area contributed by atoms with Crippen LogP contribution in [-0.4, -0.2) is 12.6 Å². The highest BCUT2D eigenvalue weighted by molar-refractivity contribution is 6.31. The highest BCUT2D eigenvalue weighted by Crippen LogP contribution is 2.21. The molecule has 2 N–H and O–H groups in total. The third-order valence-electron chi connectivity index (χ3n) is 1.78. The lowest BCUT2D eigenvalue weighted by atomic mass is 10.1. The van der Waals surface area contributed by atoms with Crippen LogP contribution in [0.2, 0.25) is 5.02 Å². The predicted octanol–water partition coefficient (Wildman–Crippen LogP) is 1.90. The molecule has 3 nitrogen and oxygen atoms in total. The van der Waals surface area contributed by atoms with E-state index < -0.39 is 12.0 Å². The zero-order valence-electron chi connectivity index (χ0n) is 7.87. The SMILES string of the molecule is CCOC(=O)C(N)c1ccccc1Cl. The second kappa shape index (κ2) is 4.98. The molecule has 14 heavy (non-hydrogen) atoms. The van der Waals surface area contributed by atoms with Crippen molar-refractivity contribution in [1.29, 1.82) is 0 Å². The van der Waals surface area contributed by atoms with Gasteiger partial charge in [0.15, 0.2) is 0 Å². The summed E-state index contributed by atoms with van der Waals surface area (Å²) in [6, 6.07) is 6.16. The van der Waals surface area contributed by atoms with Crippen molar-refractivity contribution in [3.8, 4) is 0 Å². The summed E-state index contributed by atoms with van der Waals surface area (Å²) in [5, 5.41) is 0.480. The lowest BCUT2D eigenvalue weighted by molar-refractivity contribution is -0.144. The van der Waals surface area contributed by atoms with Gasteiger partial charge in [-0.2, -0.15) is 0 Å². The molecule has 0 aliphatic heterocycles. The van der Waals surface area contributed by atoms with E-state index in [1.54, 1.807) is 31.2 Å². The minimum Gasteiger partial charge on any atom is -0.465 e. The van der Waals surface area contributed by atoms with E-state index in [1.807, 2.05) is 0 Å². The van der Waals surface area contributed by atoms with E-state index in [0.717, 1.165) is 0 Å². The zero-order chi connectivity index (χ0) is 10.6. The lowest BCUT2D eigenvalue weighted by Gasteiger charge is -2.11. The van der Waals surface area contributed by atoms with Crippen LogP contribution in [-0.2, 0) is 9.53 Å². The van der Waals surface area contributed by atoms with Gasteiger partial charge in [0.25, 0.3) is 0 Å². The third kappa shape index (κ3) is 2.47. The third-order valence-corrected chi connectivity index (χ3v) is 2.13. The van der Waals surface area contributed by atoms with Gasteiger partial charge in [-0.15, -0.1) is 0 Å². The summed E-state index contributed by atoms with van der Waals surface area (Å²) in [6.07, 6.45) is 0. The number of esters is 1. The minimum atomic E-state index is -0.802. The van der Waals surface area contributed by atoms with Gasteiger partial charge in [0.05, 0.1) is 6.61 Å². The molecule has 76 valence electrons. The Kier molecular flexibility index (Phi) is 3.92. The second-order valence-corrected chi connectivity index (χ2v) is 3.16. The molecule has 1 aromatic carbocycles. The summed E-state index contributed by atoms with van der Waals surface area (Å²) in [4.78, 5) is 11.3. The molecule has 0 saturated heterocycles. The first-order chi connectivity index (χ1) is 6.66. The number of carbonyl (C=O) groups is 1. The molecule has 0 heterocycles. The number of hydrogen-bond acceptors (Lipinski definition) is 3. The maximum absolute atomic E-state index is 11.3. The van der Waals surface area contributed by atoms with Gasteiger partial charge < -0.3 is 10.5 Å². The summed E-state index contributed by atoms with van der Waals surface area (Å²) in [6.45, 7) is 2.05. The summed E-state index contributed by atoms with van der Waals surface area (Å²) in [7, 11) is 0. The number of ether oxygens (including phenoxy) is 1. The molecule has 0 fully saturated rings. The fourth-order valence-electron chi connectivity index (χ4n) is 1.09. The van der Waals surface area contributed by atoms with E-state index in [2.05, 4.69) is 0 Å². The predicted molar refractivity (Wildman–Crippen MR) is 55.0 cm³/mol. The Morgan fingerprint density at radius 1 is 1.57 bits per heavy atom. The molecule has 0 aliphatic carbocycles. The molecule has 1 rings (SSSR count). The fraction of sp³-hybridized carbons (Fsp3) is 0.300. The van der Waals surface area contributed by atoms with Gasteiger partial charge in [0.1, 0.15) is 6.04 Å². The summed E-state index contributed by atoms with van der Waals surface area (Å²) >= 11 is 5.88. The molecule has 0 bridgehead atoms. The highest BCUT2D eigenvalue weighted by Gasteiger charge is 2.18. The Hall–Kier alpha value is -1.06. The summed E-state index contributed by atoms with van der Waals surface area (Å²) in [5.74, 6) is -0.458. The largest absolute Gasteiger partial charge is 0.465 e. The Bertz CT molecular complexity index is 328. The zero-order valence-corrected chi connectivity index (χ0v) is 8.62. The van der Waals surface area contributed by atoms with Gasteiger partial charge >= 0.3 is 5.97 Å². The first kappa shape index (κ1) is 11.0. The average Bonchev–Trinajstić information content (AvgIpc) is 2.18. The van der Waals surface area contributed by atoms with Crippen molar-refractivity contribution < 1.29 is 9.53 Å². The van der Waals surface area contributed by atoms with E-state index in [4.69, 9.17) is 22.1 Å². The van der Waals surface area contributed by atoms with Gasteiger partial charge in [-0.1, -0.05) is 29.8 Å². The van der Waals surface area contributed by atoms with Crippen LogP contribution in [0.3, 0.4) is 0 Å². The Labute approximate surface area is 87.8 Å². The van der Waals surface area contributed by atoms with Crippen molar-refractivity contribution in [3.05, 3.63) is 34.9 Å². The van der Waals surface area contributed by atoms with Crippen molar-refractivity contribution >= 4 is 17.6 Å². The van der Waals surface area contributed by atoms with Gasteiger partial charge in [-0.05, 0) is 18.6 Å². The molecule has 0 amide bonds. The van der Waals surface area contributed by atoms with Gasteiger partial charge in [0, 0.05) is 5.02 Å². The smallest absolute Gasteiger partial charge is 0.327 e. The molecule has 4 heteroatoms. The molecule has 0 aromatic heterocycles. The molecule has 0 aliphatic rings. The molecule has 1 aromatic rings. The fourth-order valence-corrected chi connectivity index (χ4v) is 1.34. The summed E-state index contributed by atoms with van der Waals surface area (Å²) in [5.41, 5.74) is 6.26. The molecule has 0 spiro atoms. The first-order valence-electron chi connectivity index (χ1n) is 4.33. The van der Waals surface area contributed by atoms with Gasteiger partial charge in [0.2, 0.25) is 0 Å². The van der Waals surface area contributed by atoms with Crippen molar-refractivity contribution in [2.45, 2.75) is 13.0 Å². The summed E-state index contributed by atoms with van der Waals surface area (Å²) < 4.78 is 4.79. The van der Waals surface area contributed by atoms with E-state index in [0.29, 0.717) is 17.2 Å². The number of nitrogens with two attached hydrogens (primary N) is 1. The molecule has 0 radical (unpaired) electrons. The number of benzene rings is 1. The standard InChI is InChI=1S/C10H12ClNO2/c1-2-14-10(13)9(12)7-5-3-4-6-8(7)11/h3-6,9H,2,12H2,1H3. The second-order valence-electron chi connectivity index (χ2n) is 2.75. The number of hydrogen-bond donors (Lipinski definition) is 1. The highest BCUT2D eigenvalue weighted by atomic mass is 35.5. The topological polar surface area (TPSA) is 52.3 Å².